The maximum Gasteiger partial charge on any atom is 0.213 e. The van der Waals surface area contributed by atoms with Crippen LogP contribution in [0.2, 0.25) is 0 Å². The van der Waals surface area contributed by atoms with Gasteiger partial charge in [-0.1, -0.05) is 6.07 Å². The first-order valence-electron chi connectivity index (χ1n) is 6.09. The molecule has 3 N–H and O–H groups in total. The van der Waals surface area contributed by atoms with E-state index in [2.05, 4.69) is 9.88 Å². The molecular formula is C13H19N3O2S. The largest absolute Gasteiger partial charge is 0.361 e. The Labute approximate surface area is 113 Å². The molecule has 0 spiro atoms. The van der Waals surface area contributed by atoms with Crippen molar-refractivity contribution < 1.29 is 8.42 Å². The first kappa shape index (κ1) is 14.0. The van der Waals surface area contributed by atoms with Crippen LogP contribution in [0, 0.1) is 0 Å². The number of rotatable bonds is 5. The monoisotopic (exact) mass is 281 g/mol. The van der Waals surface area contributed by atoms with E-state index in [1.807, 2.05) is 32.4 Å². The third-order valence-corrected chi connectivity index (χ3v) is 3.76. The number of H-pyrrole nitrogens is 1. The van der Waals surface area contributed by atoms with Crippen molar-refractivity contribution in [1.29, 1.82) is 0 Å². The number of hydrogen-bond acceptors (Lipinski definition) is 3. The van der Waals surface area contributed by atoms with Crippen molar-refractivity contribution in [1.82, 2.24) is 9.88 Å². The van der Waals surface area contributed by atoms with Gasteiger partial charge in [0.1, 0.15) is 0 Å². The Morgan fingerprint density at radius 3 is 2.68 bits per heavy atom. The van der Waals surface area contributed by atoms with E-state index in [9.17, 15) is 8.42 Å². The average Bonchev–Trinajstić information content (AvgIpc) is 2.66. The maximum absolute atomic E-state index is 11.1. The molecule has 0 bridgehead atoms. The highest BCUT2D eigenvalue weighted by molar-refractivity contribution is 7.88. The molecule has 1 heterocycles. The highest BCUT2D eigenvalue weighted by Crippen LogP contribution is 2.21. The minimum atomic E-state index is -3.49. The van der Waals surface area contributed by atoms with Gasteiger partial charge in [0.05, 0.1) is 5.75 Å². The zero-order valence-electron chi connectivity index (χ0n) is 11.2. The number of aromatic amines is 1. The Balaban J connectivity index is 2.31. The molecule has 0 atom stereocenters. The summed E-state index contributed by atoms with van der Waals surface area (Å²) in [5.74, 6) is -0.124. The third-order valence-electron chi connectivity index (χ3n) is 3.03. The second-order valence-corrected chi connectivity index (χ2v) is 6.67. The van der Waals surface area contributed by atoms with Gasteiger partial charge in [-0.3, -0.25) is 0 Å². The lowest BCUT2D eigenvalue weighted by molar-refractivity contribution is 0.414. The summed E-state index contributed by atoms with van der Waals surface area (Å²) in [6.07, 6.45) is 2.90. The Morgan fingerprint density at radius 1 is 1.32 bits per heavy atom. The van der Waals surface area contributed by atoms with Gasteiger partial charge in [0, 0.05) is 23.6 Å². The number of aromatic nitrogens is 1. The van der Waals surface area contributed by atoms with Gasteiger partial charge in [0.2, 0.25) is 10.0 Å². The second-order valence-electron chi connectivity index (χ2n) is 5.05. The van der Waals surface area contributed by atoms with Gasteiger partial charge in [-0.05, 0) is 43.8 Å². The van der Waals surface area contributed by atoms with E-state index >= 15 is 0 Å². The number of likely N-dealkylation sites (N-methyl/N-ethyl adjacent to an activating group) is 1. The number of benzene rings is 1. The minimum absolute atomic E-state index is 0.124. The quantitative estimate of drug-likeness (QED) is 0.860. The molecule has 0 fully saturated rings. The molecule has 1 aromatic heterocycles. The number of fused-ring (bicyclic) bond motifs is 1. The van der Waals surface area contributed by atoms with Crippen LogP contribution in [0.5, 0.6) is 0 Å². The number of hydrogen-bond donors (Lipinski definition) is 2. The van der Waals surface area contributed by atoms with Gasteiger partial charge in [0.15, 0.2) is 0 Å². The van der Waals surface area contributed by atoms with E-state index in [-0.39, 0.29) is 5.75 Å². The van der Waals surface area contributed by atoms with Crippen LogP contribution in [-0.4, -0.2) is 38.9 Å². The lowest BCUT2D eigenvalue weighted by Gasteiger charge is -2.08. The molecule has 5 nitrogen and oxygen atoms in total. The van der Waals surface area contributed by atoms with Crippen molar-refractivity contribution in [3.63, 3.8) is 0 Å². The Morgan fingerprint density at radius 2 is 2.05 bits per heavy atom. The first-order valence-corrected chi connectivity index (χ1v) is 7.81. The van der Waals surface area contributed by atoms with E-state index in [0.29, 0.717) is 0 Å². The van der Waals surface area contributed by atoms with Gasteiger partial charge in [-0.15, -0.1) is 0 Å². The summed E-state index contributed by atoms with van der Waals surface area (Å²) < 4.78 is 22.3. The smallest absolute Gasteiger partial charge is 0.213 e. The Bertz CT molecular complexity index is 674. The molecule has 0 aliphatic heterocycles. The van der Waals surface area contributed by atoms with Gasteiger partial charge in [-0.25, -0.2) is 13.6 Å². The van der Waals surface area contributed by atoms with Crippen LogP contribution in [0.15, 0.2) is 24.4 Å². The Kier molecular flexibility index (Phi) is 3.93. The zero-order valence-corrected chi connectivity index (χ0v) is 12.0. The lowest BCUT2D eigenvalue weighted by Crippen LogP contribution is -2.15. The number of sulfonamides is 1. The van der Waals surface area contributed by atoms with Gasteiger partial charge >= 0.3 is 0 Å². The van der Waals surface area contributed by atoms with Crippen LogP contribution in [0.1, 0.15) is 11.1 Å². The van der Waals surface area contributed by atoms with Crippen LogP contribution in [0.3, 0.4) is 0 Å². The van der Waals surface area contributed by atoms with Crippen molar-refractivity contribution in [2.75, 3.05) is 20.6 Å². The standard InChI is InChI=1S/C13H19N3O2S/c1-16(2)6-5-11-8-15-13-4-3-10(7-12(11)13)9-19(14,17)18/h3-4,7-8,15H,5-6,9H2,1-2H3,(H2,14,17,18). The Hall–Kier alpha value is -1.37. The summed E-state index contributed by atoms with van der Waals surface area (Å²) in [7, 11) is 0.572. The van der Waals surface area contributed by atoms with Crippen molar-refractivity contribution in [2.24, 2.45) is 5.14 Å². The maximum atomic E-state index is 11.1. The van der Waals surface area contributed by atoms with E-state index in [1.165, 1.54) is 5.56 Å². The summed E-state index contributed by atoms with van der Waals surface area (Å²) >= 11 is 0. The topological polar surface area (TPSA) is 79.2 Å². The third kappa shape index (κ3) is 3.79. The van der Waals surface area contributed by atoms with Crippen molar-refractivity contribution in [3.05, 3.63) is 35.5 Å². The minimum Gasteiger partial charge on any atom is -0.361 e. The van der Waals surface area contributed by atoms with Crippen molar-refractivity contribution in [2.45, 2.75) is 12.2 Å². The predicted octanol–water partition coefficient (Wildman–Crippen LogP) is 1.06. The summed E-state index contributed by atoms with van der Waals surface area (Å²) in [6.45, 7) is 0.951. The predicted molar refractivity (Wildman–Crippen MR) is 77.4 cm³/mol. The normalized spacial score (nSPS) is 12.4. The highest BCUT2D eigenvalue weighted by Gasteiger charge is 2.09. The molecule has 0 radical (unpaired) electrons. The zero-order chi connectivity index (χ0) is 14.0. The molecule has 2 aromatic rings. The number of nitrogens with two attached hydrogens (primary N) is 1. The van der Waals surface area contributed by atoms with Crippen LogP contribution in [-0.2, 0) is 22.2 Å². The number of nitrogens with one attached hydrogen (secondary N) is 1. The molecule has 0 aliphatic rings. The van der Waals surface area contributed by atoms with Gasteiger partial charge in [0.25, 0.3) is 0 Å². The molecule has 104 valence electrons. The lowest BCUT2D eigenvalue weighted by atomic mass is 10.1. The molecule has 2 rings (SSSR count). The van der Waals surface area contributed by atoms with Crippen LogP contribution >= 0.6 is 0 Å². The first-order chi connectivity index (χ1) is 8.85. The second kappa shape index (κ2) is 5.32. The fraction of sp³-hybridized carbons (Fsp3) is 0.385. The molecule has 0 saturated carbocycles. The van der Waals surface area contributed by atoms with Crippen LogP contribution < -0.4 is 5.14 Å². The van der Waals surface area contributed by atoms with Gasteiger partial charge < -0.3 is 9.88 Å². The van der Waals surface area contributed by atoms with Crippen molar-refractivity contribution in [3.8, 4) is 0 Å². The van der Waals surface area contributed by atoms with Gasteiger partial charge in [-0.2, -0.15) is 0 Å². The fourth-order valence-electron chi connectivity index (χ4n) is 2.10. The van der Waals surface area contributed by atoms with E-state index in [0.717, 1.165) is 29.4 Å². The summed E-state index contributed by atoms with van der Waals surface area (Å²) in [6, 6.07) is 5.59. The van der Waals surface area contributed by atoms with E-state index in [1.54, 1.807) is 6.07 Å². The fourth-order valence-corrected chi connectivity index (χ4v) is 2.74. The molecule has 1 aromatic carbocycles. The molecule has 0 unspecified atom stereocenters. The number of nitrogens with zero attached hydrogens (tertiary/aromatic N) is 1. The number of primary sulfonamides is 1. The molecule has 6 heteroatoms. The van der Waals surface area contributed by atoms with Crippen molar-refractivity contribution >= 4 is 20.9 Å². The summed E-state index contributed by atoms with van der Waals surface area (Å²) in [4.78, 5) is 5.32. The molecule has 19 heavy (non-hydrogen) atoms. The van der Waals surface area contributed by atoms with E-state index in [4.69, 9.17) is 5.14 Å². The van der Waals surface area contributed by atoms with Crippen LogP contribution in [0.4, 0.5) is 0 Å². The molecule has 0 saturated heterocycles. The highest BCUT2D eigenvalue weighted by atomic mass is 32.2. The van der Waals surface area contributed by atoms with E-state index < -0.39 is 10.0 Å². The van der Waals surface area contributed by atoms with Crippen LogP contribution in [0.25, 0.3) is 10.9 Å². The molecule has 0 amide bonds. The average molecular weight is 281 g/mol. The SMILES string of the molecule is CN(C)CCc1c[nH]c2ccc(CS(N)(=O)=O)cc12. The summed E-state index contributed by atoms with van der Waals surface area (Å²) in [5, 5.41) is 6.15. The molecular weight excluding hydrogens is 262 g/mol. The molecule has 0 aliphatic carbocycles. The summed E-state index contributed by atoms with van der Waals surface area (Å²) in [5.41, 5.74) is 2.94.